The highest BCUT2D eigenvalue weighted by Gasteiger charge is 2.20. The molecule has 4 nitrogen and oxygen atoms in total. The molecule has 0 aliphatic carbocycles. The van der Waals surface area contributed by atoms with Crippen molar-refractivity contribution < 1.29 is 19.7 Å². The number of hydrogen-bond acceptors (Lipinski definition) is 4. The second kappa shape index (κ2) is 4.91. The van der Waals surface area contributed by atoms with E-state index in [4.69, 9.17) is 9.84 Å². The Bertz CT molecular complexity index is 336. The van der Waals surface area contributed by atoms with Gasteiger partial charge in [0, 0.05) is 0 Å². The van der Waals surface area contributed by atoms with E-state index in [2.05, 4.69) is 0 Å². The average Bonchev–Trinajstić information content (AvgIpc) is 2.47. The van der Waals surface area contributed by atoms with E-state index in [1.54, 1.807) is 19.1 Å². The summed E-state index contributed by atoms with van der Waals surface area (Å²) in [7, 11) is 0. The van der Waals surface area contributed by atoms with Crippen molar-refractivity contribution in [3.05, 3.63) is 35.6 Å². The van der Waals surface area contributed by atoms with Gasteiger partial charge >= 0.3 is 5.97 Å². The van der Waals surface area contributed by atoms with Crippen molar-refractivity contribution in [2.75, 3.05) is 0 Å². The van der Waals surface area contributed by atoms with Crippen molar-refractivity contribution >= 4 is 5.97 Å². The number of allylic oxidation sites excluding steroid dienone is 2. The molecule has 0 aromatic heterocycles. The van der Waals surface area contributed by atoms with Crippen LogP contribution in [-0.4, -0.2) is 28.4 Å². The van der Waals surface area contributed by atoms with Crippen LogP contribution in [-0.2, 0) is 9.53 Å². The standard InChI is InChI=1S/C11H14O4/c1-3-4-8-5-9(15-11(8)14)6-10(13)7(2)12/h3-7,10,12-13H,1-2H3/b4-3+,9-6-. The highest BCUT2D eigenvalue weighted by molar-refractivity contribution is 5.95. The van der Waals surface area contributed by atoms with E-state index in [1.165, 1.54) is 19.1 Å². The van der Waals surface area contributed by atoms with Gasteiger partial charge in [0.1, 0.15) is 11.9 Å². The lowest BCUT2D eigenvalue weighted by atomic mass is 10.2. The summed E-state index contributed by atoms with van der Waals surface area (Å²) in [4.78, 5) is 11.2. The van der Waals surface area contributed by atoms with Crippen LogP contribution in [0.5, 0.6) is 0 Å². The zero-order valence-corrected chi connectivity index (χ0v) is 8.68. The van der Waals surface area contributed by atoms with Crippen LogP contribution in [0, 0.1) is 0 Å². The second-order valence-corrected chi connectivity index (χ2v) is 3.29. The first-order valence-corrected chi connectivity index (χ1v) is 4.69. The summed E-state index contributed by atoms with van der Waals surface area (Å²) in [5.41, 5.74) is 0.432. The Kier molecular flexibility index (Phi) is 3.82. The van der Waals surface area contributed by atoms with E-state index < -0.39 is 18.2 Å². The molecule has 0 saturated heterocycles. The van der Waals surface area contributed by atoms with Crippen LogP contribution < -0.4 is 0 Å². The molecule has 0 spiro atoms. The first kappa shape index (κ1) is 11.7. The summed E-state index contributed by atoms with van der Waals surface area (Å²) in [6.07, 6.45) is 4.25. The van der Waals surface area contributed by atoms with Gasteiger partial charge in [0.15, 0.2) is 0 Å². The van der Waals surface area contributed by atoms with Crippen LogP contribution in [0.15, 0.2) is 35.6 Å². The number of aliphatic hydroxyl groups is 2. The number of hydrogen-bond donors (Lipinski definition) is 2. The van der Waals surface area contributed by atoms with Gasteiger partial charge in [-0.1, -0.05) is 12.2 Å². The summed E-state index contributed by atoms with van der Waals surface area (Å²) in [5.74, 6) is -0.182. The van der Waals surface area contributed by atoms with Crippen molar-refractivity contribution in [3.63, 3.8) is 0 Å². The third kappa shape index (κ3) is 3.04. The van der Waals surface area contributed by atoms with Gasteiger partial charge in [0.2, 0.25) is 0 Å². The molecule has 1 aliphatic rings. The first-order chi connectivity index (χ1) is 7.04. The third-order valence-electron chi connectivity index (χ3n) is 1.92. The molecule has 2 atom stereocenters. The van der Waals surface area contributed by atoms with Crippen molar-refractivity contribution in [1.29, 1.82) is 0 Å². The van der Waals surface area contributed by atoms with Gasteiger partial charge in [-0.25, -0.2) is 4.79 Å². The van der Waals surface area contributed by atoms with E-state index >= 15 is 0 Å². The Morgan fingerprint density at radius 2 is 2.13 bits per heavy atom. The van der Waals surface area contributed by atoms with Gasteiger partial charge in [-0.3, -0.25) is 0 Å². The Hall–Kier alpha value is -1.39. The van der Waals surface area contributed by atoms with Crippen molar-refractivity contribution in [2.24, 2.45) is 0 Å². The lowest BCUT2D eigenvalue weighted by molar-refractivity contribution is -0.132. The minimum atomic E-state index is -1.03. The molecule has 4 heteroatoms. The van der Waals surface area contributed by atoms with Crippen molar-refractivity contribution in [1.82, 2.24) is 0 Å². The molecule has 0 fully saturated rings. The van der Waals surface area contributed by atoms with Gasteiger partial charge in [0.25, 0.3) is 0 Å². The summed E-state index contributed by atoms with van der Waals surface area (Å²) < 4.78 is 4.85. The van der Waals surface area contributed by atoms with Gasteiger partial charge in [-0.15, -0.1) is 0 Å². The zero-order valence-electron chi connectivity index (χ0n) is 8.68. The maximum Gasteiger partial charge on any atom is 0.343 e. The zero-order chi connectivity index (χ0) is 11.4. The minimum Gasteiger partial charge on any atom is -0.423 e. The fourth-order valence-electron chi connectivity index (χ4n) is 1.09. The van der Waals surface area contributed by atoms with Gasteiger partial charge in [0.05, 0.1) is 11.7 Å². The lowest BCUT2D eigenvalue weighted by Gasteiger charge is -2.08. The Labute approximate surface area is 88.2 Å². The number of esters is 1. The van der Waals surface area contributed by atoms with E-state index in [1.807, 2.05) is 0 Å². The molecule has 1 heterocycles. The van der Waals surface area contributed by atoms with Crippen LogP contribution >= 0.6 is 0 Å². The fourth-order valence-corrected chi connectivity index (χ4v) is 1.09. The molecule has 82 valence electrons. The van der Waals surface area contributed by atoms with Crippen LogP contribution in [0.1, 0.15) is 13.8 Å². The van der Waals surface area contributed by atoms with Gasteiger partial charge in [-0.05, 0) is 26.0 Å². The molecule has 0 aromatic carbocycles. The molecular weight excluding hydrogens is 196 g/mol. The molecule has 1 aliphatic heterocycles. The first-order valence-electron chi connectivity index (χ1n) is 4.69. The number of carbonyl (C=O) groups is 1. The predicted molar refractivity (Wildman–Crippen MR) is 54.8 cm³/mol. The Balaban J connectivity index is 2.80. The average molecular weight is 210 g/mol. The molecule has 0 radical (unpaired) electrons. The maximum absolute atomic E-state index is 11.2. The third-order valence-corrected chi connectivity index (χ3v) is 1.92. The Morgan fingerprint density at radius 1 is 1.47 bits per heavy atom. The highest BCUT2D eigenvalue weighted by atomic mass is 16.5. The van der Waals surface area contributed by atoms with Gasteiger partial charge < -0.3 is 14.9 Å². The van der Waals surface area contributed by atoms with E-state index in [0.717, 1.165) is 0 Å². The number of rotatable bonds is 3. The van der Waals surface area contributed by atoms with Crippen LogP contribution in [0.2, 0.25) is 0 Å². The predicted octanol–water partition coefficient (Wildman–Crippen LogP) is 0.671. The molecule has 2 unspecified atom stereocenters. The maximum atomic E-state index is 11.2. The summed E-state index contributed by atoms with van der Waals surface area (Å²) in [6.45, 7) is 3.25. The number of aliphatic hydroxyl groups excluding tert-OH is 2. The van der Waals surface area contributed by atoms with E-state index in [-0.39, 0.29) is 5.76 Å². The molecule has 0 amide bonds. The molecule has 0 saturated carbocycles. The smallest absolute Gasteiger partial charge is 0.343 e. The number of ether oxygens (including phenoxy) is 1. The topological polar surface area (TPSA) is 66.8 Å². The summed E-state index contributed by atoms with van der Waals surface area (Å²) in [5, 5.41) is 18.4. The molecular formula is C11H14O4. The molecule has 1 rings (SSSR count). The fraction of sp³-hybridized carbons (Fsp3) is 0.364. The van der Waals surface area contributed by atoms with Crippen molar-refractivity contribution in [2.45, 2.75) is 26.1 Å². The number of carbonyl (C=O) groups excluding carboxylic acids is 1. The Morgan fingerprint density at radius 3 is 2.67 bits per heavy atom. The van der Waals surface area contributed by atoms with E-state index in [9.17, 15) is 9.90 Å². The molecule has 0 aromatic rings. The number of cyclic esters (lactones) is 1. The lowest BCUT2D eigenvalue weighted by Crippen LogP contribution is -2.20. The van der Waals surface area contributed by atoms with Crippen LogP contribution in [0.3, 0.4) is 0 Å². The molecule has 0 bridgehead atoms. The quantitative estimate of drug-likeness (QED) is 0.672. The normalized spacial score (nSPS) is 23.1. The van der Waals surface area contributed by atoms with Gasteiger partial charge in [-0.2, -0.15) is 0 Å². The monoisotopic (exact) mass is 210 g/mol. The molecule has 2 N–H and O–H groups in total. The largest absolute Gasteiger partial charge is 0.423 e. The van der Waals surface area contributed by atoms with Crippen LogP contribution in [0.25, 0.3) is 0 Å². The second-order valence-electron chi connectivity index (χ2n) is 3.29. The van der Waals surface area contributed by atoms with Crippen molar-refractivity contribution in [3.8, 4) is 0 Å². The van der Waals surface area contributed by atoms with Crippen LogP contribution in [0.4, 0.5) is 0 Å². The minimum absolute atomic E-state index is 0.265. The highest BCUT2D eigenvalue weighted by Crippen LogP contribution is 2.18. The van der Waals surface area contributed by atoms with E-state index in [0.29, 0.717) is 5.57 Å². The SMILES string of the molecule is C/C=C/C1=CC(=C/C(O)C(C)O)/OC1=O. The summed E-state index contributed by atoms with van der Waals surface area (Å²) >= 11 is 0. The summed E-state index contributed by atoms with van der Waals surface area (Å²) in [6, 6.07) is 0. The molecule has 15 heavy (non-hydrogen) atoms.